The van der Waals surface area contributed by atoms with Crippen molar-refractivity contribution in [3.05, 3.63) is 53.8 Å². The molecule has 0 unspecified atom stereocenters. The first-order chi connectivity index (χ1) is 10.5. The Morgan fingerprint density at radius 1 is 1.09 bits per heavy atom. The van der Waals surface area contributed by atoms with Crippen LogP contribution < -0.4 is 4.74 Å². The fourth-order valence-electron chi connectivity index (χ4n) is 2.07. The summed E-state index contributed by atoms with van der Waals surface area (Å²) in [6, 6.07) is 12.2. The third kappa shape index (κ3) is 4.96. The van der Waals surface area contributed by atoms with Gasteiger partial charge in [-0.15, -0.1) is 12.4 Å². The molecule has 0 aliphatic rings. The van der Waals surface area contributed by atoms with E-state index in [9.17, 15) is 4.39 Å². The first-order valence-electron chi connectivity index (χ1n) is 7.29. The van der Waals surface area contributed by atoms with Crippen LogP contribution in [0.15, 0.2) is 42.5 Å². The van der Waals surface area contributed by atoms with Crippen LogP contribution in [0.2, 0.25) is 0 Å². The topological polar surface area (TPSA) is 42.3 Å². The zero-order chi connectivity index (χ0) is 16.1. The fourth-order valence-corrected chi connectivity index (χ4v) is 2.07. The molecule has 23 heavy (non-hydrogen) atoms. The van der Waals surface area contributed by atoms with Crippen molar-refractivity contribution in [1.29, 1.82) is 5.41 Å². The maximum Gasteiger partial charge on any atom is 0.213 e. The van der Waals surface area contributed by atoms with Crippen LogP contribution >= 0.6 is 12.4 Å². The molecule has 0 bridgehead atoms. The van der Waals surface area contributed by atoms with Gasteiger partial charge in [0.05, 0.1) is 12.7 Å². The van der Waals surface area contributed by atoms with E-state index >= 15 is 0 Å². The number of hydrogen-bond donors (Lipinski definition) is 1. The van der Waals surface area contributed by atoms with Crippen LogP contribution in [0.5, 0.6) is 5.75 Å². The van der Waals surface area contributed by atoms with Crippen LogP contribution in [-0.4, -0.2) is 18.6 Å². The number of ether oxygens (including phenoxy) is 2. The maximum absolute atomic E-state index is 14.0. The SMILES string of the molecule is CCOC(=N)c1ccc(-c2ccc(OC(C)C)c(F)c2)cc1.Cl. The van der Waals surface area contributed by atoms with Crippen LogP contribution in [-0.2, 0) is 4.74 Å². The van der Waals surface area contributed by atoms with Gasteiger partial charge in [-0.3, -0.25) is 5.41 Å². The minimum absolute atomic E-state index is 0. The summed E-state index contributed by atoms with van der Waals surface area (Å²) in [5.74, 6) is 0.0201. The van der Waals surface area contributed by atoms with Gasteiger partial charge in [0.15, 0.2) is 11.6 Å². The summed E-state index contributed by atoms with van der Waals surface area (Å²) in [6.45, 7) is 6.02. The van der Waals surface area contributed by atoms with Crippen LogP contribution in [0.25, 0.3) is 11.1 Å². The Hall–Kier alpha value is -2.07. The number of benzene rings is 2. The standard InChI is InChI=1S/C18H20FNO2.ClH/c1-4-21-18(20)14-7-5-13(6-8-14)15-9-10-17(16(19)11-15)22-12(2)3;/h5-12,20H,4H2,1-3H3;1H. The van der Waals surface area contributed by atoms with Crippen molar-refractivity contribution in [3.8, 4) is 16.9 Å². The second-order valence-corrected chi connectivity index (χ2v) is 5.15. The monoisotopic (exact) mass is 337 g/mol. The first kappa shape index (κ1) is 19.0. The van der Waals surface area contributed by atoms with Gasteiger partial charge in [0.1, 0.15) is 0 Å². The molecule has 0 atom stereocenters. The average molecular weight is 338 g/mol. The third-order valence-corrected chi connectivity index (χ3v) is 3.06. The Bertz CT molecular complexity index is 657. The normalized spacial score (nSPS) is 10.1. The van der Waals surface area contributed by atoms with Crippen LogP contribution in [0, 0.1) is 11.2 Å². The van der Waals surface area contributed by atoms with E-state index in [1.54, 1.807) is 18.2 Å². The quantitative estimate of drug-likeness (QED) is 0.611. The summed E-state index contributed by atoms with van der Waals surface area (Å²) in [7, 11) is 0. The molecule has 0 saturated carbocycles. The van der Waals surface area contributed by atoms with Crippen molar-refractivity contribution in [2.75, 3.05) is 6.61 Å². The molecule has 0 fully saturated rings. The molecule has 0 aliphatic carbocycles. The molecule has 0 spiro atoms. The predicted molar refractivity (Wildman–Crippen MR) is 93.3 cm³/mol. The Morgan fingerprint density at radius 3 is 2.22 bits per heavy atom. The van der Waals surface area contributed by atoms with Crippen molar-refractivity contribution in [3.63, 3.8) is 0 Å². The van der Waals surface area contributed by atoms with Gasteiger partial charge >= 0.3 is 0 Å². The van der Waals surface area contributed by atoms with Crippen molar-refractivity contribution < 1.29 is 13.9 Å². The highest BCUT2D eigenvalue weighted by Gasteiger charge is 2.08. The zero-order valence-corrected chi connectivity index (χ0v) is 14.2. The number of halogens is 2. The Morgan fingerprint density at radius 2 is 1.70 bits per heavy atom. The van der Waals surface area contributed by atoms with Crippen LogP contribution in [0.1, 0.15) is 26.3 Å². The van der Waals surface area contributed by atoms with E-state index in [0.717, 1.165) is 11.1 Å². The fraction of sp³-hybridized carbons (Fsp3) is 0.278. The molecule has 3 nitrogen and oxygen atoms in total. The summed E-state index contributed by atoms with van der Waals surface area (Å²) >= 11 is 0. The van der Waals surface area contributed by atoms with Crippen LogP contribution in [0.3, 0.4) is 0 Å². The Kier molecular flexibility index (Phi) is 7.04. The van der Waals surface area contributed by atoms with Crippen LogP contribution in [0.4, 0.5) is 4.39 Å². The lowest BCUT2D eigenvalue weighted by Gasteiger charge is -2.12. The molecular weight excluding hydrogens is 317 g/mol. The third-order valence-electron chi connectivity index (χ3n) is 3.06. The maximum atomic E-state index is 14.0. The molecular formula is C18H21ClFNO2. The van der Waals surface area contributed by atoms with Crippen molar-refractivity contribution in [1.82, 2.24) is 0 Å². The van der Waals surface area contributed by atoms with Gasteiger partial charge in [0.2, 0.25) is 5.90 Å². The summed E-state index contributed by atoms with van der Waals surface area (Å²) in [6.07, 6.45) is -0.0655. The van der Waals surface area contributed by atoms with E-state index in [0.29, 0.717) is 12.2 Å². The minimum atomic E-state index is -0.377. The summed E-state index contributed by atoms with van der Waals surface area (Å²) in [5, 5.41) is 7.73. The molecule has 0 radical (unpaired) electrons. The van der Waals surface area contributed by atoms with E-state index in [2.05, 4.69) is 0 Å². The zero-order valence-electron chi connectivity index (χ0n) is 13.4. The average Bonchev–Trinajstić information content (AvgIpc) is 2.49. The highest BCUT2D eigenvalue weighted by atomic mass is 35.5. The summed E-state index contributed by atoms with van der Waals surface area (Å²) in [4.78, 5) is 0. The molecule has 124 valence electrons. The summed E-state index contributed by atoms with van der Waals surface area (Å²) in [5.41, 5.74) is 2.34. The summed E-state index contributed by atoms with van der Waals surface area (Å²) < 4.78 is 24.6. The van der Waals surface area contributed by atoms with E-state index in [1.165, 1.54) is 6.07 Å². The van der Waals surface area contributed by atoms with Gasteiger partial charge < -0.3 is 9.47 Å². The molecule has 0 saturated heterocycles. The Balaban J connectivity index is 0.00000264. The number of rotatable bonds is 5. The van der Waals surface area contributed by atoms with Gasteiger partial charge in [0.25, 0.3) is 0 Å². The van der Waals surface area contributed by atoms with Gasteiger partial charge in [-0.2, -0.15) is 0 Å². The molecule has 0 heterocycles. The molecule has 2 aromatic carbocycles. The molecule has 2 rings (SSSR count). The Labute approximate surface area is 142 Å². The lowest BCUT2D eigenvalue weighted by atomic mass is 10.0. The highest BCUT2D eigenvalue weighted by Crippen LogP contribution is 2.26. The van der Waals surface area contributed by atoms with Gasteiger partial charge in [-0.05, 0) is 56.2 Å². The van der Waals surface area contributed by atoms with Gasteiger partial charge in [0, 0.05) is 5.56 Å². The lowest BCUT2D eigenvalue weighted by molar-refractivity contribution is 0.231. The molecule has 0 amide bonds. The number of nitrogens with one attached hydrogen (secondary N) is 1. The van der Waals surface area contributed by atoms with E-state index in [4.69, 9.17) is 14.9 Å². The van der Waals surface area contributed by atoms with Crippen molar-refractivity contribution >= 4 is 18.3 Å². The largest absolute Gasteiger partial charge is 0.488 e. The number of hydrogen-bond acceptors (Lipinski definition) is 3. The minimum Gasteiger partial charge on any atom is -0.488 e. The van der Waals surface area contributed by atoms with E-state index in [1.807, 2.05) is 39.0 Å². The molecule has 0 aliphatic heterocycles. The first-order valence-corrected chi connectivity index (χ1v) is 7.29. The van der Waals surface area contributed by atoms with Crippen molar-refractivity contribution in [2.45, 2.75) is 26.9 Å². The molecule has 5 heteroatoms. The molecule has 2 aromatic rings. The molecule has 1 N–H and O–H groups in total. The van der Waals surface area contributed by atoms with Crippen molar-refractivity contribution in [2.24, 2.45) is 0 Å². The van der Waals surface area contributed by atoms with E-state index < -0.39 is 0 Å². The van der Waals surface area contributed by atoms with Gasteiger partial charge in [-0.1, -0.05) is 18.2 Å². The predicted octanol–water partition coefficient (Wildman–Crippen LogP) is 5.06. The second-order valence-electron chi connectivity index (χ2n) is 5.15. The highest BCUT2D eigenvalue weighted by molar-refractivity contribution is 5.92. The second kappa shape index (κ2) is 8.53. The van der Waals surface area contributed by atoms with E-state index in [-0.39, 0.29) is 36.0 Å². The lowest BCUT2D eigenvalue weighted by Crippen LogP contribution is -2.06. The molecule has 0 aromatic heterocycles. The smallest absolute Gasteiger partial charge is 0.213 e. The van der Waals surface area contributed by atoms with Gasteiger partial charge in [-0.25, -0.2) is 4.39 Å².